The molecule has 0 atom stereocenters. The fourth-order valence-electron chi connectivity index (χ4n) is 2.57. The van der Waals surface area contributed by atoms with Gasteiger partial charge in [0, 0.05) is 30.6 Å². The van der Waals surface area contributed by atoms with Gasteiger partial charge in [0.1, 0.15) is 11.5 Å². The molecule has 0 amide bonds. The van der Waals surface area contributed by atoms with E-state index in [2.05, 4.69) is 20.8 Å². The third-order valence-electron chi connectivity index (χ3n) is 4.07. The lowest BCUT2D eigenvalue weighted by atomic mass is 10.1. The van der Waals surface area contributed by atoms with Gasteiger partial charge in [0.2, 0.25) is 5.95 Å². The molecule has 1 aliphatic carbocycles. The average Bonchev–Trinajstić information content (AvgIpc) is 3.30. The number of imidazole rings is 1. The van der Waals surface area contributed by atoms with Crippen LogP contribution in [0.2, 0.25) is 0 Å². The van der Waals surface area contributed by atoms with Crippen LogP contribution in [0.3, 0.4) is 0 Å². The number of rotatable bonds is 5. The standard InChI is InChI=1S/C18H20N6/c1-13(23-20-12-14-7-8-14)21-18-22-16(15-5-3-2-4-6-15)11-17-19-9-10-24(17)18/h2-6,9-11,14,20H,7-8,12H2,1H3,(H,21,22,23). The minimum atomic E-state index is 0.613. The van der Waals surface area contributed by atoms with Gasteiger partial charge >= 0.3 is 0 Å². The van der Waals surface area contributed by atoms with E-state index in [0.717, 1.165) is 35.2 Å². The lowest BCUT2D eigenvalue weighted by Crippen LogP contribution is -2.37. The molecule has 1 aliphatic rings. The zero-order valence-corrected chi connectivity index (χ0v) is 13.6. The molecule has 0 bridgehead atoms. The molecule has 2 heterocycles. The Morgan fingerprint density at radius 3 is 2.92 bits per heavy atom. The maximum Gasteiger partial charge on any atom is 0.237 e. The number of fused-ring (bicyclic) bond motifs is 1. The third-order valence-corrected chi connectivity index (χ3v) is 4.07. The fourth-order valence-corrected chi connectivity index (χ4v) is 2.57. The van der Waals surface area contributed by atoms with E-state index >= 15 is 0 Å². The van der Waals surface area contributed by atoms with Crippen molar-refractivity contribution in [2.75, 3.05) is 6.54 Å². The molecule has 0 aliphatic heterocycles. The summed E-state index contributed by atoms with van der Waals surface area (Å²) >= 11 is 0. The molecule has 3 aromatic rings. The van der Waals surface area contributed by atoms with Gasteiger partial charge in [0.05, 0.1) is 5.69 Å². The van der Waals surface area contributed by atoms with Crippen LogP contribution < -0.4 is 10.9 Å². The number of hydrogen-bond acceptors (Lipinski definition) is 4. The monoisotopic (exact) mass is 320 g/mol. The summed E-state index contributed by atoms with van der Waals surface area (Å²) in [6, 6.07) is 12.1. The first-order chi connectivity index (χ1) is 11.8. The maximum atomic E-state index is 4.71. The second-order valence-corrected chi connectivity index (χ2v) is 6.11. The van der Waals surface area contributed by atoms with Crippen LogP contribution in [0.15, 0.2) is 53.8 Å². The van der Waals surface area contributed by atoms with Crippen molar-refractivity contribution in [2.45, 2.75) is 19.8 Å². The van der Waals surface area contributed by atoms with Gasteiger partial charge < -0.3 is 5.43 Å². The van der Waals surface area contributed by atoms with Crippen molar-refractivity contribution in [3.63, 3.8) is 0 Å². The molecule has 0 unspecified atom stereocenters. The Hall–Kier alpha value is -2.73. The van der Waals surface area contributed by atoms with Gasteiger partial charge in [0.25, 0.3) is 0 Å². The number of hydrogen-bond donors (Lipinski definition) is 2. The van der Waals surface area contributed by atoms with Crippen molar-refractivity contribution in [3.8, 4) is 11.3 Å². The highest BCUT2D eigenvalue weighted by molar-refractivity contribution is 5.81. The minimum Gasteiger partial charge on any atom is -0.309 e. The van der Waals surface area contributed by atoms with Crippen LogP contribution in [0.4, 0.5) is 5.95 Å². The number of benzene rings is 1. The minimum absolute atomic E-state index is 0.613. The lowest BCUT2D eigenvalue weighted by molar-refractivity contribution is 0.606. The number of aromatic nitrogens is 3. The van der Waals surface area contributed by atoms with Gasteiger partial charge in [-0.15, -0.1) is 0 Å². The summed E-state index contributed by atoms with van der Waals surface area (Å²) in [7, 11) is 0. The Labute approximate surface area is 140 Å². The molecule has 4 rings (SSSR count). The summed E-state index contributed by atoms with van der Waals surface area (Å²) in [5.41, 5.74) is 9.12. The summed E-state index contributed by atoms with van der Waals surface area (Å²) in [6.07, 6.45) is 6.28. The molecule has 0 spiro atoms. The highest BCUT2D eigenvalue weighted by atomic mass is 15.4. The molecule has 0 saturated heterocycles. The molecule has 1 aromatic carbocycles. The number of aliphatic imine (C=N–C) groups is 1. The molecule has 24 heavy (non-hydrogen) atoms. The van der Waals surface area contributed by atoms with E-state index in [1.165, 1.54) is 12.8 Å². The van der Waals surface area contributed by atoms with Crippen molar-refractivity contribution in [1.82, 2.24) is 25.2 Å². The van der Waals surface area contributed by atoms with E-state index in [1.807, 2.05) is 53.9 Å². The second-order valence-electron chi connectivity index (χ2n) is 6.11. The van der Waals surface area contributed by atoms with Crippen LogP contribution in [0.25, 0.3) is 16.9 Å². The van der Waals surface area contributed by atoms with Gasteiger partial charge in [-0.05, 0) is 25.7 Å². The van der Waals surface area contributed by atoms with Crippen molar-refractivity contribution < 1.29 is 0 Å². The van der Waals surface area contributed by atoms with Crippen LogP contribution >= 0.6 is 0 Å². The molecule has 1 fully saturated rings. The SMILES string of the molecule is C/C(=N\c1nc(-c2ccccc2)cc2nccn12)NNCC1CC1. The van der Waals surface area contributed by atoms with E-state index in [4.69, 9.17) is 4.98 Å². The molecule has 6 heteroatoms. The van der Waals surface area contributed by atoms with E-state index in [9.17, 15) is 0 Å². The number of hydrazine groups is 1. The summed E-state index contributed by atoms with van der Waals surface area (Å²) in [5, 5.41) is 0. The maximum absolute atomic E-state index is 4.71. The van der Waals surface area contributed by atoms with Gasteiger partial charge in [-0.25, -0.2) is 15.4 Å². The Kier molecular flexibility index (Phi) is 3.96. The van der Waals surface area contributed by atoms with Crippen LogP contribution in [-0.4, -0.2) is 26.7 Å². The van der Waals surface area contributed by atoms with Crippen LogP contribution in [0, 0.1) is 5.92 Å². The smallest absolute Gasteiger partial charge is 0.237 e. The Morgan fingerprint density at radius 2 is 2.12 bits per heavy atom. The normalized spacial score (nSPS) is 15.0. The third kappa shape index (κ3) is 3.28. The Balaban J connectivity index is 1.64. The molecule has 2 aromatic heterocycles. The van der Waals surface area contributed by atoms with E-state index < -0.39 is 0 Å². The molecule has 6 nitrogen and oxygen atoms in total. The van der Waals surface area contributed by atoms with Crippen LogP contribution in [0.1, 0.15) is 19.8 Å². The van der Waals surface area contributed by atoms with Crippen molar-refractivity contribution in [2.24, 2.45) is 10.9 Å². The van der Waals surface area contributed by atoms with E-state index in [0.29, 0.717) is 5.95 Å². The fraction of sp³-hybridized carbons (Fsp3) is 0.278. The Morgan fingerprint density at radius 1 is 1.29 bits per heavy atom. The zero-order chi connectivity index (χ0) is 16.4. The molecule has 2 N–H and O–H groups in total. The van der Waals surface area contributed by atoms with E-state index in [1.54, 1.807) is 6.20 Å². The van der Waals surface area contributed by atoms with Crippen molar-refractivity contribution in [3.05, 3.63) is 48.8 Å². The largest absolute Gasteiger partial charge is 0.309 e. The number of nitrogens with one attached hydrogen (secondary N) is 2. The molecular formula is C18H20N6. The predicted octanol–water partition coefficient (Wildman–Crippen LogP) is 2.95. The van der Waals surface area contributed by atoms with Crippen molar-refractivity contribution in [1.29, 1.82) is 0 Å². The summed E-state index contributed by atoms with van der Waals surface area (Å²) in [5.74, 6) is 2.20. The molecule has 122 valence electrons. The van der Waals surface area contributed by atoms with Crippen molar-refractivity contribution >= 4 is 17.4 Å². The zero-order valence-electron chi connectivity index (χ0n) is 13.6. The number of nitrogens with zero attached hydrogens (tertiary/aromatic N) is 4. The summed E-state index contributed by atoms with van der Waals surface area (Å²) in [4.78, 5) is 13.7. The first kappa shape index (κ1) is 14.8. The Bertz CT molecular complexity index is 864. The van der Waals surface area contributed by atoms with Gasteiger partial charge in [-0.2, -0.15) is 4.99 Å². The quantitative estimate of drug-likeness (QED) is 0.431. The number of amidine groups is 1. The van der Waals surface area contributed by atoms with Gasteiger partial charge in [-0.1, -0.05) is 30.3 Å². The summed E-state index contributed by atoms with van der Waals surface area (Å²) in [6.45, 7) is 2.91. The van der Waals surface area contributed by atoms with Gasteiger partial charge in [0.15, 0.2) is 0 Å². The highest BCUT2D eigenvalue weighted by Gasteiger charge is 2.20. The van der Waals surface area contributed by atoms with Gasteiger partial charge in [-0.3, -0.25) is 4.40 Å². The highest BCUT2D eigenvalue weighted by Crippen LogP contribution is 2.27. The molecular weight excluding hydrogens is 300 g/mol. The van der Waals surface area contributed by atoms with Crippen LogP contribution in [0.5, 0.6) is 0 Å². The first-order valence-electron chi connectivity index (χ1n) is 8.23. The average molecular weight is 320 g/mol. The summed E-state index contributed by atoms with van der Waals surface area (Å²) < 4.78 is 1.89. The molecule has 1 saturated carbocycles. The lowest BCUT2D eigenvalue weighted by Gasteiger charge is -2.09. The van der Waals surface area contributed by atoms with Crippen LogP contribution in [-0.2, 0) is 0 Å². The van der Waals surface area contributed by atoms with E-state index in [-0.39, 0.29) is 0 Å². The second kappa shape index (κ2) is 6.41. The molecule has 0 radical (unpaired) electrons. The predicted molar refractivity (Wildman–Crippen MR) is 95.1 cm³/mol. The first-order valence-corrected chi connectivity index (χ1v) is 8.23. The topological polar surface area (TPSA) is 66.6 Å².